The summed E-state index contributed by atoms with van der Waals surface area (Å²) < 4.78 is 1.34. The molecule has 0 aliphatic carbocycles. The van der Waals surface area contributed by atoms with E-state index in [2.05, 4.69) is 10.3 Å². The van der Waals surface area contributed by atoms with Crippen molar-refractivity contribution < 1.29 is 4.79 Å². The van der Waals surface area contributed by atoms with Crippen LogP contribution in [0.15, 0.2) is 29.3 Å². The van der Waals surface area contributed by atoms with Crippen LogP contribution >= 0.6 is 34.5 Å². The van der Waals surface area contributed by atoms with Crippen molar-refractivity contribution in [3.8, 4) is 0 Å². The van der Waals surface area contributed by atoms with Crippen LogP contribution in [0.3, 0.4) is 0 Å². The number of halogens is 2. The molecule has 8 heteroatoms. The van der Waals surface area contributed by atoms with E-state index in [-0.39, 0.29) is 11.5 Å². The smallest absolute Gasteiger partial charge is 0.263 e. The molecule has 0 saturated carbocycles. The molecule has 0 bridgehead atoms. The number of benzene rings is 1. The molecule has 1 atom stereocenters. The van der Waals surface area contributed by atoms with E-state index in [1.165, 1.54) is 22.2 Å². The third-order valence-corrected chi connectivity index (χ3v) is 5.59. The van der Waals surface area contributed by atoms with Crippen molar-refractivity contribution in [1.29, 1.82) is 0 Å². The summed E-state index contributed by atoms with van der Waals surface area (Å²) in [6, 6.07) is 4.02. The van der Waals surface area contributed by atoms with Crippen molar-refractivity contribution in [3.05, 3.63) is 55.4 Å². The number of carbonyl (C=O) groups excluding carboxylic acids is 1. The van der Waals surface area contributed by atoms with E-state index in [1.54, 1.807) is 25.1 Å². The Bertz CT molecular complexity index is 1020. The molecule has 130 valence electrons. The number of nitrogens with zero attached hydrogens (tertiary/aromatic N) is 2. The highest BCUT2D eigenvalue weighted by molar-refractivity contribution is 7.18. The third kappa shape index (κ3) is 3.42. The normalized spacial score (nSPS) is 12.4. The first-order valence-electron chi connectivity index (χ1n) is 7.51. The van der Waals surface area contributed by atoms with E-state index in [4.69, 9.17) is 23.2 Å². The molecule has 3 aromatic rings. The molecule has 1 N–H and O–H groups in total. The molecule has 0 aliphatic heterocycles. The average Bonchev–Trinajstić information content (AvgIpc) is 2.81. The molecule has 0 spiro atoms. The quantitative estimate of drug-likeness (QED) is 0.705. The van der Waals surface area contributed by atoms with Gasteiger partial charge in [-0.05, 0) is 44.5 Å². The maximum absolute atomic E-state index is 12.8. The SMILES string of the molecule is Cc1sc2ncn(C(C)C(=O)Nc3cc(Cl)cc(Cl)c3)c(=O)c2c1C. The van der Waals surface area contributed by atoms with E-state index in [1.807, 2.05) is 13.8 Å². The second kappa shape index (κ2) is 6.78. The summed E-state index contributed by atoms with van der Waals surface area (Å²) in [6.45, 7) is 5.48. The van der Waals surface area contributed by atoms with E-state index < -0.39 is 6.04 Å². The number of carbonyl (C=O) groups is 1. The molecular weight excluding hydrogens is 381 g/mol. The van der Waals surface area contributed by atoms with Crippen molar-refractivity contribution in [2.75, 3.05) is 5.32 Å². The molecule has 0 saturated heterocycles. The van der Waals surface area contributed by atoms with Gasteiger partial charge in [0.15, 0.2) is 0 Å². The molecule has 5 nitrogen and oxygen atoms in total. The molecule has 1 amide bonds. The minimum Gasteiger partial charge on any atom is -0.324 e. The van der Waals surface area contributed by atoms with Gasteiger partial charge in [-0.25, -0.2) is 4.98 Å². The Morgan fingerprint density at radius 3 is 2.52 bits per heavy atom. The third-order valence-electron chi connectivity index (χ3n) is 4.04. The predicted octanol–water partition coefficient (Wildman–Crippen LogP) is 4.58. The van der Waals surface area contributed by atoms with Crippen molar-refractivity contribution in [2.45, 2.75) is 26.8 Å². The van der Waals surface area contributed by atoms with Gasteiger partial charge in [-0.3, -0.25) is 14.2 Å². The Hall–Kier alpha value is -1.89. The van der Waals surface area contributed by atoms with Gasteiger partial charge < -0.3 is 5.32 Å². The Morgan fingerprint density at radius 1 is 1.24 bits per heavy atom. The van der Waals surface area contributed by atoms with Gasteiger partial charge in [-0.2, -0.15) is 0 Å². The number of amides is 1. The van der Waals surface area contributed by atoms with Crippen molar-refractivity contribution >= 4 is 56.3 Å². The van der Waals surface area contributed by atoms with Crippen LogP contribution in [0.4, 0.5) is 5.69 Å². The Labute approximate surface area is 158 Å². The van der Waals surface area contributed by atoms with Gasteiger partial charge in [0.25, 0.3) is 5.56 Å². The van der Waals surface area contributed by atoms with Crippen molar-refractivity contribution in [2.24, 2.45) is 0 Å². The molecular formula is C17H15Cl2N3O2S. The van der Waals surface area contributed by atoms with Crippen LogP contribution in [0.1, 0.15) is 23.4 Å². The number of hydrogen-bond donors (Lipinski definition) is 1. The molecule has 1 unspecified atom stereocenters. The summed E-state index contributed by atoms with van der Waals surface area (Å²) >= 11 is 13.4. The maximum atomic E-state index is 12.8. The highest BCUT2D eigenvalue weighted by Gasteiger charge is 2.20. The number of aryl methyl sites for hydroxylation is 2. The van der Waals surface area contributed by atoms with Gasteiger partial charge in [-0.15, -0.1) is 11.3 Å². The Morgan fingerprint density at radius 2 is 1.88 bits per heavy atom. The molecule has 0 fully saturated rings. The largest absolute Gasteiger partial charge is 0.324 e. The van der Waals surface area contributed by atoms with Crippen molar-refractivity contribution in [1.82, 2.24) is 9.55 Å². The zero-order valence-electron chi connectivity index (χ0n) is 13.8. The highest BCUT2D eigenvalue weighted by Crippen LogP contribution is 2.26. The lowest BCUT2D eigenvalue weighted by atomic mass is 10.2. The fraction of sp³-hybridized carbons (Fsp3) is 0.235. The van der Waals surface area contributed by atoms with Crippen LogP contribution in [-0.4, -0.2) is 15.5 Å². The molecule has 1 aromatic carbocycles. The lowest BCUT2D eigenvalue weighted by Gasteiger charge is -2.15. The number of hydrogen-bond acceptors (Lipinski definition) is 4. The predicted molar refractivity (Wildman–Crippen MR) is 103 cm³/mol. The number of anilines is 1. The van der Waals surface area contributed by atoms with Gasteiger partial charge in [0.1, 0.15) is 10.9 Å². The monoisotopic (exact) mass is 395 g/mol. The lowest BCUT2D eigenvalue weighted by molar-refractivity contribution is -0.118. The van der Waals surface area contributed by atoms with Crippen LogP contribution in [0, 0.1) is 13.8 Å². The first-order valence-corrected chi connectivity index (χ1v) is 9.09. The second-order valence-electron chi connectivity index (χ2n) is 5.74. The number of rotatable bonds is 3. The van der Waals surface area contributed by atoms with Crippen LogP contribution in [-0.2, 0) is 4.79 Å². The topological polar surface area (TPSA) is 64.0 Å². The van der Waals surface area contributed by atoms with Gasteiger partial charge in [0.2, 0.25) is 5.91 Å². The van der Waals surface area contributed by atoms with E-state index in [0.717, 1.165) is 10.4 Å². The zero-order chi connectivity index (χ0) is 18.3. The summed E-state index contributed by atoms with van der Waals surface area (Å²) in [5, 5.41) is 4.12. The highest BCUT2D eigenvalue weighted by atomic mass is 35.5. The number of fused-ring (bicyclic) bond motifs is 1. The van der Waals surface area contributed by atoms with E-state index in [9.17, 15) is 9.59 Å². The van der Waals surface area contributed by atoms with E-state index in [0.29, 0.717) is 25.9 Å². The molecule has 0 aliphatic rings. The fourth-order valence-corrected chi connectivity index (χ4v) is 4.04. The first kappa shape index (κ1) is 17.9. The lowest BCUT2D eigenvalue weighted by Crippen LogP contribution is -2.31. The van der Waals surface area contributed by atoms with E-state index >= 15 is 0 Å². The van der Waals surface area contributed by atoms with Crippen LogP contribution in [0.5, 0.6) is 0 Å². The number of aromatic nitrogens is 2. The minimum atomic E-state index is -0.734. The summed E-state index contributed by atoms with van der Waals surface area (Å²) in [7, 11) is 0. The van der Waals surface area contributed by atoms with Crippen LogP contribution in [0.2, 0.25) is 10.0 Å². The molecule has 2 aromatic heterocycles. The Balaban J connectivity index is 1.94. The van der Waals surface area contributed by atoms with Crippen molar-refractivity contribution in [3.63, 3.8) is 0 Å². The van der Waals surface area contributed by atoms with Gasteiger partial charge in [0.05, 0.1) is 11.7 Å². The molecule has 3 rings (SSSR count). The molecule has 25 heavy (non-hydrogen) atoms. The molecule has 0 radical (unpaired) electrons. The average molecular weight is 396 g/mol. The number of nitrogens with one attached hydrogen (secondary N) is 1. The fourth-order valence-electron chi connectivity index (χ4n) is 2.52. The second-order valence-corrected chi connectivity index (χ2v) is 7.82. The standard InChI is InChI=1S/C17H15Cl2N3O2S/c1-8-10(3)25-16-14(8)17(24)22(7-20-16)9(2)15(23)21-13-5-11(18)4-12(19)6-13/h4-7,9H,1-3H3,(H,21,23). The summed E-state index contributed by atoms with van der Waals surface area (Å²) in [6.07, 6.45) is 1.41. The zero-order valence-corrected chi connectivity index (χ0v) is 16.1. The van der Waals surface area contributed by atoms with Gasteiger partial charge in [0, 0.05) is 20.6 Å². The minimum absolute atomic E-state index is 0.223. The summed E-state index contributed by atoms with van der Waals surface area (Å²) in [4.78, 5) is 31.4. The van der Waals surface area contributed by atoms with Crippen LogP contribution in [0.25, 0.3) is 10.2 Å². The first-order chi connectivity index (χ1) is 11.8. The van der Waals surface area contributed by atoms with Gasteiger partial charge >= 0.3 is 0 Å². The van der Waals surface area contributed by atoms with Crippen LogP contribution < -0.4 is 10.9 Å². The summed E-state index contributed by atoms with van der Waals surface area (Å²) in [5.74, 6) is -0.355. The number of thiophene rings is 1. The molecule has 2 heterocycles. The summed E-state index contributed by atoms with van der Waals surface area (Å²) in [5.41, 5.74) is 1.15. The Kier molecular flexibility index (Phi) is 4.86. The van der Waals surface area contributed by atoms with Gasteiger partial charge in [-0.1, -0.05) is 23.2 Å². The maximum Gasteiger partial charge on any atom is 0.263 e.